The van der Waals surface area contributed by atoms with E-state index in [-0.39, 0.29) is 35.0 Å². The van der Waals surface area contributed by atoms with Crippen LogP contribution in [-0.2, 0) is 14.4 Å². The molecule has 2 atom stereocenters. The zero-order chi connectivity index (χ0) is 17.5. The molecule has 5 heteroatoms. The fourth-order valence-electron chi connectivity index (χ4n) is 4.55. The normalized spacial score (nSPS) is 31.1. The second-order valence-electron chi connectivity index (χ2n) is 8.76. The maximum absolute atomic E-state index is 12.9. The van der Waals surface area contributed by atoms with Crippen LogP contribution in [0, 0.1) is 23.2 Å². The molecular weight excluding hydrogens is 304 g/mol. The number of hydrogen-bond donors (Lipinski definition) is 0. The Labute approximate surface area is 144 Å². The summed E-state index contributed by atoms with van der Waals surface area (Å²) in [6, 6.07) is 0. The van der Waals surface area contributed by atoms with Crippen LogP contribution in [0.1, 0.15) is 52.9 Å². The molecule has 2 amide bonds. The Kier molecular flexibility index (Phi) is 4.71. The van der Waals surface area contributed by atoms with Gasteiger partial charge in [-0.2, -0.15) is 0 Å². The van der Waals surface area contributed by atoms with Crippen molar-refractivity contribution >= 4 is 17.6 Å². The van der Waals surface area contributed by atoms with E-state index in [9.17, 15) is 14.4 Å². The number of fused-ring (bicyclic) bond motifs is 2. The number of hydrogen-bond acceptors (Lipinski definition) is 3. The van der Waals surface area contributed by atoms with Crippen molar-refractivity contribution in [1.29, 1.82) is 0 Å². The van der Waals surface area contributed by atoms with Crippen LogP contribution < -0.4 is 0 Å². The van der Waals surface area contributed by atoms with Crippen LogP contribution >= 0.6 is 0 Å². The number of rotatable bonds is 1. The molecular formula is C19H30N2O3. The first-order valence-electron chi connectivity index (χ1n) is 9.39. The molecule has 0 aromatic rings. The predicted octanol–water partition coefficient (Wildman–Crippen LogP) is 2.10. The highest BCUT2D eigenvalue weighted by atomic mass is 16.2. The van der Waals surface area contributed by atoms with Crippen LogP contribution in [0.5, 0.6) is 0 Å². The molecule has 1 saturated heterocycles. The first kappa shape index (κ1) is 17.4. The van der Waals surface area contributed by atoms with Gasteiger partial charge in [-0.05, 0) is 32.1 Å². The molecule has 5 nitrogen and oxygen atoms in total. The van der Waals surface area contributed by atoms with Crippen LogP contribution in [0.15, 0.2) is 0 Å². The lowest BCUT2D eigenvalue weighted by Gasteiger charge is -2.31. The summed E-state index contributed by atoms with van der Waals surface area (Å²) in [6.07, 6.45) is 4.28. The number of amides is 2. The van der Waals surface area contributed by atoms with E-state index in [1.165, 1.54) is 0 Å². The molecule has 1 heterocycles. The van der Waals surface area contributed by atoms with E-state index in [0.29, 0.717) is 18.9 Å². The van der Waals surface area contributed by atoms with E-state index in [0.717, 1.165) is 45.2 Å². The fourth-order valence-corrected chi connectivity index (χ4v) is 4.55. The van der Waals surface area contributed by atoms with Gasteiger partial charge in [0.05, 0.1) is 0 Å². The van der Waals surface area contributed by atoms with E-state index >= 15 is 0 Å². The van der Waals surface area contributed by atoms with Crippen LogP contribution in [0.2, 0.25) is 0 Å². The second-order valence-corrected chi connectivity index (χ2v) is 8.76. The summed E-state index contributed by atoms with van der Waals surface area (Å²) in [5.74, 6) is 1.05. The van der Waals surface area contributed by atoms with Crippen molar-refractivity contribution in [3.63, 3.8) is 0 Å². The Balaban J connectivity index is 1.59. The molecule has 0 aromatic heterocycles. The van der Waals surface area contributed by atoms with Crippen molar-refractivity contribution in [2.24, 2.45) is 23.2 Å². The van der Waals surface area contributed by atoms with Crippen molar-refractivity contribution in [1.82, 2.24) is 9.80 Å². The smallest absolute Gasteiger partial charge is 0.228 e. The summed E-state index contributed by atoms with van der Waals surface area (Å²) in [5.41, 5.74) is -0.373. The fraction of sp³-hybridized carbons (Fsp3) is 0.842. The van der Waals surface area contributed by atoms with Gasteiger partial charge in [0.25, 0.3) is 0 Å². The van der Waals surface area contributed by atoms with E-state index in [1.807, 2.05) is 30.6 Å². The number of nitrogens with zero attached hydrogens (tertiary/aromatic N) is 2. The lowest BCUT2D eigenvalue weighted by atomic mass is 9.79. The first-order chi connectivity index (χ1) is 11.3. The molecule has 24 heavy (non-hydrogen) atoms. The number of carbonyl (C=O) groups is 3. The van der Waals surface area contributed by atoms with E-state index in [4.69, 9.17) is 0 Å². The molecule has 134 valence electrons. The maximum Gasteiger partial charge on any atom is 0.228 e. The Bertz CT molecular complexity index is 521. The average molecular weight is 334 g/mol. The quantitative estimate of drug-likeness (QED) is 0.738. The minimum atomic E-state index is -0.373. The molecule has 3 aliphatic rings. The van der Waals surface area contributed by atoms with Crippen molar-refractivity contribution < 1.29 is 14.4 Å². The SMILES string of the molecule is CC(C)(C)C(=O)N1CCCN(C(=O)C2CC3CCC(C2)C3=O)CC1. The third-order valence-corrected chi connectivity index (χ3v) is 5.89. The molecule has 3 fully saturated rings. The molecule has 3 rings (SSSR count). The van der Waals surface area contributed by atoms with Crippen LogP contribution in [-0.4, -0.2) is 53.6 Å². The van der Waals surface area contributed by atoms with Crippen LogP contribution in [0.3, 0.4) is 0 Å². The zero-order valence-electron chi connectivity index (χ0n) is 15.2. The summed E-state index contributed by atoms with van der Waals surface area (Å²) in [5, 5.41) is 0. The monoisotopic (exact) mass is 334 g/mol. The third-order valence-electron chi connectivity index (χ3n) is 5.89. The second kappa shape index (κ2) is 6.49. The molecule has 0 aromatic carbocycles. The van der Waals surface area contributed by atoms with Crippen molar-refractivity contribution in [2.45, 2.75) is 52.9 Å². The Hall–Kier alpha value is -1.39. The molecule has 2 bridgehead atoms. The molecule has 2 saturated carbocycles. The van der Waals surface area contributed by atoms with Gasteiger partial charge in [0.2, 0.25) is 11.8 Å². The summed E-state index contributed by atoms with van der Waals surface area (Å²) in [6.45, 7) is 8.54. The molecule has 0 N–H and O–H groups in total. The topological polar surface area (TPSA) is 57.7 Å². The van der Waals surface area contributed by atoms with Gasteiger partial charge in [-0.25, -0.2) is 0 Å². The molecule has 0 spiro atoms. The van der Waals surface area contributed by atoms with Gasteiger partial charge >= 0.3 is 0 Å². The number of ketones is 1. The van der Waals surface area contributed by atoms with E-state index in [2.05, 4.69) is 0 Å². The van der Waals surface area contributed by atoms with Gasteiger partial charge in [0.15, 0.2) is 0 Å². The molecule has 2 aliphatic carbocycles. The van der Waals surface area contributed by atoms with Crippen molar-refractivity contribution in [3.05, 3.63) is 0 Å². The summed E-state index contributed by atoms with van der Waals surface area (Å²) in [7, 11) is 0. The summed E-state index contributed by atoms with van der Waals surface area (Å²) >= 11 is 0. The van der Waals surface area contributed by atoms with E-state index in [1.54, 1.807) is 0 Å². The van der Waals surface area contributed by atoms with Gasteiger partial charge in [-0.1, -0.05) is 20.8 Å². The highest BCUT2D eigenvalue weighted by Gasteiger charge is 2.44. The highest BCUT2D eigenvalue weighted by molar-refractivity contribution is 5.89. The Morgan fingerprint density at radius 3 is 2.04 bits per heavy atom. The van der Waals surface area contributed by atoms with Gasteiger partial charge in [-0.15, -0.1) is 0 Å². The zero-order valence-corrected chi connectivity index (χ0v) is 15.2. The predicted molar refractivity (Wildman–Crippen MR) is 91.2 cm³/mol. The minimum absolute atomic E-state index is 0.0186. The number of Topliss-reactive ketones (excluding diaryl/α,β-unsaturated/α-hetero) is 1. The lowest BCUT2D eigenvalue weighted by Crippen LogP contribution is -2.44. The van der Waals surface area contributed by atoms with Gasteiger partial charge in [0.1, 0.15) is 5.78 Å². The summed E-state index contributed by atoms with van der Waals surface area (Å²) in [4.78, 5) is 41.3. The minimum Gasteiger partial charge on any atom is -0.341 e. The highest BCUT2D eigenvalue weighted by Crippen LogP contribution is 2.42. The Morgan fingerprint density at radius 2 is 1.46 bits per heavy atom. The third kappa shape index (κ3) is 3.35. The van der Waals surface area contributed by atoms with Gasteiger partial charge in [0, 0.05) is 49.3 Å². The molecule has 1 aliphatic heterocycles. The van der Waals surface area contributed by atoms with E-state index < -0.39 is 0 Å². The number of carbonyl (C=O) groups excluding carboxylic acids is 3. The van der Waals surface area contributed by atoms with Gasteiger partial charge in [-0.3, -0.25) is 14.4 Å². The first-order valence-corrected chi connectivity index (χ1v) is 9.39. The van der Waals surface area contributed by atoms with Crippen LogP contribution in [0.25, 0.3) is 0 Å². The molecule has 2 unspecified atom stereocenters. The Morgan fingerprint density at radius 1 is 0.917 bits per heavy atom. The van der Waals surface area contributed by atoms with Crippen LogP contribution in [0.4, 0.5) is 0 Å². The molecule has 0 radical (unpaired) electrons. The van der Waals surface area contributed by atoms with Gasteiger partial charge < -0.3 is 9.80 Å². The van der Waals surface area contributed by atoms with Crippen molar-refractivity contribution in [2.75, 3.05) is 26.2 Å². The standard InChI is InChI=1S/C19H30N2O3/c1-19(2,3)18(24)21-8-4-7-20(9-10-21)17(23)15-11-13-5-6-14(12-15)16(13)22/h13-15H,4-12H2,1-3H3. The summed E-state index contributed by atoms with van der Waals surface area (Å²) < 4.78 is 0. The van der Waals surface area contributed by atoms with Crippen molar-refractivity contribution in [3.8, 4) is 0 Å². The lowest BCUT2D eigenvalue weighted by molar-refractivity contribution is -0.142. The maximum atomic E-state index is 12.9. The largest absolute Gasteiger partial charge is 0.341 e. The average Bonchev–Trinajstić information content (AvgIpc) is 2.78.